The number of fused-ring (bicyclic) bond motifs is 1. The number of hydrogen-bond acceptors (Lipinski definition) is 7. The molecule has 0 aliphatic carbocycles. The lowest BCUT2D eigenvalue weighted by atomic mass is 10.1. The number of amides is 2. The predicted octanol–water partition coefficient (Wildman–Crippen LogP) is 3.40. The molecule has 0 spiro atoms. The molecule has 1 aliphatic rings. The van der Waals surface area contributed by atoms with Crippen molar-refractivity contribution in [3.8, 4) is 5.75 Å². The standard InChI is InChI=1S/C20H14N2O5S/c1-12-21-13(11-28-12)10-26-17-9-5-4-8-16(17)20(25)27-22-18(23)14-6-2-3-7-15(14)19(22)24/h2-9,11H,10H2,1H3. The Morgan fingerprint density at radius 1 is 1.04 bits per heavy atom. The number of hydrogen-bond donors (Lipinski definition) is 0. The zero-order valence-corrected chi connectivity index (χ0v) is 15.6. The van der Waals surface area contributed by atoms with Crippen molar-refractivity contribution in [1.29, 1.82) is 0 Å². The van der Waals surface area contributed by atoms with E-state index in [1.165, 1.54) is 29.5 Å². The number of hydroxylamine groups is 2. The number of nitrogens with zero attached hydrogens (tertiary/aromatic N) is 2. The Kier molecular flexibility index (Phi) is 4.62. The van der Waals surface area contributed by atoms with Crippen molar-refractivity contribution in [2.45, 2.75) is 13.5 Å². The largest absolute Gasteiger partial charge is 0.486 e. The van der Waals surface area contributed by atoms with E-state index in [0.717, 1.165) is 10.7 Å². The van der Waals surface area contributed by atoms with Gasteiger partial charge in [-0.15, -0.1) is 11.3 Å². The fourth-order valence-corrected chi connectivity index (χ4v) is 3.37. The Hall–Kier alpha value is -3.52. The number of ether oxygens (including phenoxy) is 1. The highest BCUT2D eigenvalue weighted by molar-refractivity contribution is 7.09. The third-order valence-corrected chi connectivity index (χ3v) is 4.90. The number of carbonyl (C=O) groups is 3. The molecule has 0 N–H and O–H groups in total. The number of thiazole rings is 1. The maximum absolute atomic E-state index is 12.6. The minimum atomic E-state index is -0.862. The molecule has 4 rings (SSSR count). The van der Waals surface area contributed by atoms with E-state index in [-0.39, 0.29) is 29.0 Å². The second-order valence-corrected chi connectivity index (χ2v) is 7.03. The fraction of sp³-hybridized carbons (Fsp3) is 0.100. The number of carbonyl (C=O) groups excluding carboxylic acids is 3. The predicted molar refractivity (Wildman–Crippen MR) is 100.0 cm³/mol. The normalized spacial score (nSPS) is 12.8. The third-order valence-electron chi connectivity index (χ3n) is 4.08. The molecule has 1 aliphatic heterocycles. The first-order chi connectivity index (χ1) is 13.5. The molecule has 1 aromatic heterocycles. The summed E-state index contributed by atoms with van der Waals surface area (Å²) in [5.74, 6) is -1.94. The van der Waals surface area contributed by atoms with Gasteiger partial charge in [-0.3, -0.25) is 9.59 Å². The van der Waals surface area contributed by atoms with Crippen LogP contribution in [-0.4, -0.2) is 27.8 Å². The minimum Gasteiger partial charge on any atom is -0.486 e. The second-order valence-electron chi connectivity index (χ2n) is 5.97. The first kappa shape index (κ1) is 17.9. The van der Waals surface area contributed by atoms with Gasteiger partial charge >= 0.3 is 5.97 Å². The number of para-hydroxylation sites is 1. The van der Waals surface area contributed by atoms with Crippen molar-refractivity contribution in [2.75, 3.05) is 0 Å². The molecule has 0 atom stereocenters. The van der Waals surface area contributed by atoms with Crippen LogP contribution in [0.15, 0.2) is 53.9 Å². The molecule has 140 valence electrons. The molecular formula is C20H14N2O5S. The average Bonchev–Trinajstić information content (AvgIpc) is 3.23. The molecule has 7 nitrogen and oxygen atoms in total. The maximum Gasteiger partial charge on any atom is 0.367 e. The van der Waals surface area contributed by atoms with Crippen LogP contribution >= 0.6 is 11.3 Å². The number of benzene rings is 2. The summed E-state index contributed by atoms with van der Waals surface area (Å²) in [4.78, 5) is 46.7. The Labute approximate surface area is 164 Å². The van der Waals surface area contributed by atoms with Crippen LogP contribution in [0.1, 0.15) is 41.8 Å². The van der Waals surface area contributed by atoms with Crippen LogP contribution in [0.2, 0.25) is 0 Å². The van der Waals surface area contributed by atoms with Crippen LogP contribution in [-0.2, 0) is 11.4 Å². The van der Waals surface area contributed by atoms with Gasteiger partial charge in [-0.2, -0.15) is 0 Å². The molecule has 0 unspecified atom stereocenters. The summed E-state index contributed by atoms with van der Waals surface area (Å²) in [6.45, 7) is 2.07. The van der Waals surface area contributed by atoms with Crippen LogP contribution in [0.5, 0.6) is 5.75 Å². The van der Waals surface area contributed by atoms with Gasteiger partial charge in [0.2, 0.25) is 0 Å². The summed E-state index contributed by atoms with van der Waals surface area (Å²) in [7, 11) is 0. The van der Waals surface area contributed by atoms with Gasteiger partial charge in [0.1, 0.15) is 17.9 Å². The summed E-state index contributed by atoms with van der Waals surface area (Å²) in [5.41, 5.74) is 1.24. The van der Waals surface area contributed by atoms with Gasteiger partial charge in [0.25, 0.3) is 11.8 Å². The molecule has 8 heteroatoms. The Morgan fingerprint density at radius 3 is 2.32 bits per heavy atom. The summed E-state index contributed by atoms with van der Waals surface area (Å²) < 4.78 is 5.69. The molecule has 2 amide bonds. The lowest BCUT2D eigenvalue weighted by Gasteiger charge is -2.14. The average molecular weight is 394 g/mol. The molecule has 0 saturated heterocycles. The van der Waals surface area contributed by atoms with Crippen molar-refractivity contribution >= 4 is 29.1 Å². The van der Waals surface area contributed by atoms with Crippen molar-refractivity contribution in [1.82, 2.24) is 10.0 Å². The van der Waals surface area contributed by atoms with Crippen LogP contribution < -0.4 is 4.74 Å². The Bertz CT molecular complexity index is 1060. The number of imide groups is 1. The van der Waals surface area contributed by atoms with E-state index < -0.39 is 17.8 Å². The highest BCUT2D eigenvalue weighted by Crippen LogP contribution is 2.26. The molecule has 0 fully saturated rings. The van der Waals surface area contributed by atoms with Gasteiger partial charge in [0.05, 0.1) is 21.8 Å². The molecule has 28 heavy (non-hydrogen) atoms. The lowest BCUT2D eigenvalue weighted by molar-refractivity contribution is -0.0586. The molecule has 0 bridgehead atoms. The SMILES string of the molecule is Cc1nc(COc2ccccc2C(=O)ON2C(=O)c3ccccc3C2=O)cs1. The zero-order chi connectivity index (χ0) is 19.7. The van der Waals surface area contributed by atoms with Gasteiger partial charge in [-0.1, -0.05) is 29.3 Å². The van der Waals surface area contributed by atoms with E-state index in [4.69, 9.17) is 9.57 Å². The zero-order valence-electron chi connectivity index (χ0n) is 14.7. The summed E-state index contributed by atoms with van der Waals surface area (Å²) >= 11 is 1.50. The fourth-order valence-electron chi connectivity index (χ4n) is 2.77. The van der Waals surface area contributed by atoms with E-state index in [1.807, 2.05) is 12.3 Å². The Morgan fingerprint density at radius 2 is 1.68 bits per heavy atom. The van der Waals surface area contributed by atoms with Gasteiger partial charge in [-0.25, -0.2) is 9.78 Å². The molecular weight excluding hydrogens is 380 g/mol. The van der Waals surface area contributed by atoms with Crippen molar-refractivity contribution in [3.63, 3.8) is 0 Å². The maximum atomic E-state index is 12.6. The third kappa shape index (κ3) is 3.25. The van der Waals surface area contributed by atoms with Gasteiger partial charge < -0.3 is 9.57 Å². The van der Waals surface area contributed by atoms with Gasteiger partial charge in [-0.05, 0) is 31.2 Å². The summed E-state index contributed by atoms with van der Waals surface area (Å²) in [6, 6.07) is 12.8. The molecule has 0 saturated carbocycles. The van der Waals surface area contributed by atoms with Crippen LogP contribution in [0.4, 0.5) is 0 Å². The van der Waals surface area contributed by atoms with Crippen LogP contribution in [0, 0.1) is 6.92 Å². The molecule has 3 aromatic rings. The quantitative estimate of drug-likeness (QED) is 0.617. The number of aromatic nitrogens is 1. The van der Waals surface area contributed by atoms with E-state index in [2.05, 4.69) is 4.98 Å². The number of rotatable bonds is 5. The molecule has 0 radical (unpaired) electrons. The summed E-state index contributed by atoms with van der Waals surface area (Å²) in [6.07, 6.45) is 0. The topological polar surface area (TPSA) is 85.8 Å². The van der Waals surface area contributed by atoms with Gasteiger partial charge in [0, 0.05) is 5.38 Å². The van der Waals surface area contributed by atoms with Gasteiger partial charge in [0.15, 0.2) is 0 Å². The van der Waals surface area contributed by atoms with Crippen LogP contribution in [0.25, 0.3) is 0 Å². The minimum absolute atomic E-state index is 0.103. The molecule has 2 heterocycles. The first-order valence-corrected chi connectivity index (χ1v) is 9.25. The smallest absolute Gasteiger partial charge is 0.367 e. The molecule has 2 aromatic carbocycles. The number of aryl methyl sites for hydroxylation is 1. The van der Waals surface area contributed by atoms with Crippen molar-refractivity contribution < 1.29 is 24.0 Å². The van der Waals surface area contributed by atoms with E-state index in [9.17, 15) is 14.4 Å². The van der Waals surface area contributed by atoms with E-state index >= 15 is 0 Å². The Balaban J connectivity index is 1.51. The van der Waals surface area contributed by atoms with E-state index in [1.54, 1.807) is 30.3 Å². The van der Waals surface area contributed by atoms with Crippen molar-refractivity contribution in [2.24, 2.45) is 0 Å². The highest BCUT2D eigenvalue weighted by atomic mass is 32.1. The van der Waals surface area contributed by atoms with Crippen molar-refractivity contribution in [3.05, 3.63) is 81.3 Å². The first-order valence-electron chi connectivity index (χ1n) is 8.37. The summed E-state index contributed by atoms with van der Waals surface area (Å²) in [5, 5.41) is 3.26. The monoisotopic (exact) mass is 394 g/mol. The van der Waals surface area contributed by atoms with E-state index in [0.29, 0.717) is 5.06 Å². The lowest BCUT2D eigenvalue weighted by Crippen LogP contribution is -2.32. The highest BCUT2D eigenvalue weighted by Gasteiger charge is 2.39. The van der Waals surface area contributed by atoms with Crippen LogP contribution in [0.3, 0.4) is 0 Å². The second kappa shape index (κ2) is 7.24.